The fourth-order valence-electron chi connectivity index (χ4n) is 2.47. The fraction of sp³-hybridized carbons (Fsp3) is 0.417. The Morgan fingerprint density at radius 1 is 1.45 bits per heavy atom. The van der Waals surface area contributed by atoms with Crippen molar-refractivity contribution in [2.45, 2.75) is 12.3 Å². The molecular weight excluding hydrogens is 326 g/mol. The molecule has 20 heavy (non-hydrogen) atoms. The molecule has 2 unspecified atom stereocenters. The molecule has 2 atom stereocenters. The summed E-state index contributed by atoms with van der Waals surface area (Å²) in [4.78, 5) is 11.6. The number of carbonyl (C=O) groups is 1. The maximum atomic E-state index is 12.4. The zero-order chi connectivity index (χ0) is 14.7. The first kappa shape index (κ1) is 15.7. The van der Waals surface area contributed by atoms with Crippen LogP contribution >= 0.6 is 35.6 Å². The van der Waals surface area contributed by atoms with Crippen LogP contribution in [0.15, 0.2) is 12.1 Å². The summed E-state index contributed by atoms with van der Waals surface area (Å²) in [5, 5.41) is 3.71. The molecule has 0 aromatic heterocycles. The second-order valence-electron chi connectivity index (χ2n) is 4.56. The summed E-state index contributed by atoms with van der Waals surface area (Å²) >= 11 is 11.6. The summed E-state index contributed by atoms with van der Waals surface area (Å²) in [6, 6.07) is 3.06. The molecule has 0 aliphatic carbocycles. The molecule has 1 aliphatic heterocycles. The molecule has 1 aliphatic rings. The van der Waals surface area contributed by atoms with Gasteiger partial charge >= 0.3 is 0 Å². The highest BCUT2D eigenvalue weighted by molar-refractivity contribution is 7.89. The van der Waals surface area contributed by atoms with E-state index in [4.69, 9.17) is 33.1 Å². The van der Waals surface area contributed by atoms with E-state index in [-0.39, 0.29) is 29.1 Å². The lowest BCUT2D eigenvalue weighted by molar-refractivity contribution is -0.122. The summed E-state index contributed by atoms with van der Waals surface area (Å²) in [6.07, 6.45) is 0.679. The molecule has 1 aromatic rings. The first-order chi connectivity index (χ1) is 9.54. The topological polar surface area (TPSA) is 64.4 Å². The van der Waals surface area contributed by atoms with Crippen molar-refractivity contribution in [2.24, 2.45) is 11.7 Å². The van der Waals surface area contributed by atoms with Gasteiger partial charge in [0.15, 0.2) is 0 Å². The van der Waals surface area contributed by atoms with Crippen molar-refractivity contribution in [3.63, 3.8) is 0 Å². The van der Waals surface area contributed by atoms with Crippen molar-refractivity contribution < 1.29 is 12.9 Å². The maximum absolute atomic E-state index is 12.4. The number of hydrogen-bond donors (Lipinski definition) is 2. The third kappa shape index (κ3) is 3.31. The number of primary amides is 1. The minimum Gasteiger partial charge on any atom is -0.397 e. The van der Waals surface area contributed by atoms with Gasteiger partial charge in [-0.05, 0) is 19.0 Å². The number of amides is 1. The highest BCUT2D eigenvalue weighted by Crippen LogP contribution is 2.41. The van der Waals surface area contributed by atoms with Crippen LogP contribution in [0.1, 0.15) is 17.9 Å². The number of nitrogens with two attached hydrogens (primary N) is 1. The van der Waals surface area contributed by atoms with Gasteiger partial charge in [-0.1, -0.05) is 23.2 Å². The molecule has 0 spiro atoms. The molecule has 1 aromatic carbocycles. The molecule has 1 amide bonds. The summed E-state index contributed by atoms with van der Waals surface area (Å²) in [5.74, 6) is -0.712. The van der Waals surface area contributed by atoms with Crippen LogP contribution in [0.2, 0.25) is 10.0 Å². The smallest absolute Gasteiger partial charge is 0.272 e. The van der Waals surface area contributed by atoms with Crippen LogP contribution in [0.3, 0.4) is 0 Å². The Bertz CT molecular complexity index is 518. The van der Waals surface area contributed by atoms with Crippen LogP contribution in [-0.2, 0) is 4.79 Å². The Balaban J connectivity index is 2.42. The molecule has 8 heteroatoms. The summed E-state index contributed by atoms with van der Waals surface area (Å²) < 4.78 is 17.3. The minimum atomic E-state index is -0.410. The quantitative estimate of drug-likeness (QED) is 0.828. The minimum absolute atomic E-state index is 0.175. The van der Waals surface area contributed by atoms with Gasteiger partial charge in [-0.15, -0.1) is 3.89 Å². The summed E-state index contributed by atoms with van der Waals surface area (Å²) in [7, 11) is 0. The van der Waals surface area contributed by atoms with Crippen molar-refractivity contribution in [1.82, 2.24) is 5.32 Å². The predicted octanol–water partition coefficient (Wildman–Crippen LogP) is 3.08. The molecule has 1 heterocycles. The number of nitrogens with one attached hydrogen (secondary N) is 1. The molecule has 0 radical (unpaired) electrons. The number of piperidine rings is 1. The largest absolute Gasteiger partial charge is 0.397 e. The van der Waals surface area contributed by atoms with Crippen LogP contribution in [0.5, 0.6) is 5.75 Å². The number of carbonyl (C=O) groups excluding carboxylic acids is 1. The molecular formula is C12H13Cl2FN2O2S. The van der Waals surface area contributed by atoms with E-state index in [9.17, 15) is 8.68 Å². The van der Waals surface area contributed by atoms with Crippen LogP contribution in [0, 0.1) is 5.92 Å². The second kappa shape index (κ2) is 6.85. The normalized spacial score (nSPS) is 22.6. The van der Waals surface area contributed by atoms with Crippen molar-refractivity contribution in [3.05, 3.63) is 27.7 Å². The highest BCUT2D eigenvalue weighted by Gasteiger charge is 2.33. The Hall–Kier alpha value is -0.690. The van der Waals surface area contributed by atoms with Gasteiger partial charge in [-0.25, -0.2) is 0 Å². The molecule has 0 saturated carbocycles. The summed E-state index contributed by atoms with van der Waals surface area (Å²) in [6.45, 7) is 1.21. The van der Waals surface area contributed by atoms with Gasteiger partial charge in [-0.3, -0.25) is 4.79 Å². The fourth-order valence-corrected chi connectivity index (χ4v) is 3.01. The monoisotopic (exact) mass is 338 g/mol. The van der Waals surface area contributed by atoms with E-state index in [2.05, 4.69) is 5.32 Å². The van der Waals surface area contributed by atoms with Crippen LogP contribution in [0.4, 0.5) is 3.89 Å². The zero-order valence-corrected chi connectivity index (χ0v) is 12.7. The molecule has 0 bridgehead atoms. The van der Waals surface area contributed by atoms with Crippen molar-refractivity contribution in [2.75, 3.05) is 13.1 Å². The van der Waals surface area contributed by atoms with E-state index in [1.165, 1.54) is 6.07 Å². The predicted molar refractivity (Wildman–Crippen MR) is 78.7 cm³/mol. The summed E-state index contributed by atoms with van der Waals surface area (Å²) in [5.41, 5.74) is 6.08. The Morgan fingerprint density at radius 2 is 2.15 bits per heavy atom. The van der Waals surface area contributed by atoms with Crippen molar-refractivity contribution >= 4 is 41.5 Å². The average Bonchev–Trinajstić information content (AvgIpc) is 2.43. The second-order valence-corrected chi connectivity index (χ2v) is 5.67. The van der Waals surface area contributed by atoms with Crippen molar-refractivity contribution in [3.8, 4) is 5.75 Å². The molecule has 1 saturated heterocycles. The number of hydrogen-bond acceptors (Lipinski definition) is 4. The van der Waals surface area contributed by atoms with Crippen molar-refractivity contribution in [1.29, 1.82) is 0 Å². The van der Waals surface area contributed by atoms with E-state index in [1.807, 2.05) is 0 Å². The van der Waals surface area contributed by atoms with Gasteiger partial charge in [0.2, 0.25) is 5.91 Å². The lowest BCUT2D eigenvalue weighted by Gasteiger charge is -2.31. The lowest BCUT2D eigenvalue weighted by Crippen LogP contribution is -2.42. The van der Waals surface area contributed by atoms with Crippen LogP contribution < -0.4 is 15.2 Å². The first-order valence-electron chi connectivity index (χ1n) is 5.98. The van der Waals surface area contributed by atoms with Crippen LogP contribution in [0.25, 0.3) is 0 Å². The van der Waals surface area contributed by atoms with Gasteiger partial charge < -0.3 is 15.2 Å². The van der Waals surface area contributed by atoms with E-state index in [0.29, 0.717) is 23.6 Å². The van der Waals surface area contributed by atoms with Crippen LogP contribution in [-0.4, -0.2) is 19.0 Å². The van der Waals surface area contributed by atoms with Gasteiger partial charge in [-0.2, -0.15) is 0 Å². The maximum Gasteiger partial charge on any atom is 0.272 e. The third-order valence-corrected chi connectivity index (χ3v) is 4.39. The lowest BCUT2D eigenvalue weighted by atomic mass is 9.80. The first-order valence-corrected chi connectivity index (χ1v) is 7.38. The number of rotatable bonds is 4. The zero-order valence-electron chi connectivity index (χ0n) is 10.4. The number of benzene rings is 1. The van der Waals surface area contributed by atoms with Gasteiger partial charge in [0.1, 0.15) is 5.75 Å². The van der Waals surface area contributed by atoms with Gasteiger partial charge in [0, 0.05) is 24.1 Å². The standard InChI is InChI=1S/C12H13Cl2FN2O2S/c13-9-3-7(11(19-20-15)4-10(9)14)6-1-2-17-5-8(6)12(16)18/h3-4,6,8,17H,1-2,5H2,(H2,16,18). The Kier molecular flexibility index (Phi) is 5.37. The highest BCUT2D eigenvalue weighted by atomic mass is 35.5. The molecule has 2 rings (SSSR count). The van der Waals surface area contributed by atoms with Gasteiger partial charge in [0.25, 0.3) is 12.4 Å². The van der Waals surface area contributed by atoms with Gasteiger partial charge in [0.05, 0.1) is 16.0 Å². The molecule has 4 nitrogen and oxygen atoms in total. The Morgan fingerprint density at radius 3 is 2.80 bits per heavy atom. The third-order valence-electron chi connectivity index (χ3n) is 3.42. The van der Waals surface area contributed by atoms with E-state index >= 15 is 0 Å². The molecule has 1 fully saturated rings. The molecule has 3 N–H and O–H groups in total. The number of halogens is 3. The average molecular weight is 339 g/mol. The molecule has 110 valence electrons. The Labute approximate surface area is 130 Å². The SMILES string of the molecule is NC(=O)C1CNCCC1c1cc(Cl)c(Cl)cc1OSF. The van der Waals surface area contributed by atoms with E-state index in [0.717, 1.165) is 6.54 Å². The van der Waals surface area contributed by atoms with E-state index < -0.39 is 11.8 Å². The van der Waals surface area contributed by atoms with E-state index in [1.54, 1.807) is 6.07 Å².